The average Bonchev–Trinajstić information content (AvgIpc) is 3.22. The van der Waals surface area contributed by atoms with Crippen LogP contribution in [-0.4, -0.2) is 66.1 Å². The highest BCUT2D eigenvalue weighted by Crippen LogP contribution is 2.36. The van der Waals surface area contributed by atoms with Crippen molar-refractivity contribution in [3.63, 3.8) is 0 Å². The number of rotatable bonds is 3. The number of hydrogen-bond acceptors (Lipinski definition) is 5. The molecule has 2 aliphatic rings. The Balaban J connectivity index is 1.76. The van der Waals surface area contributed by atoms with Crippen LogP contribution in [0.5, 0.6) is 0 Å². The average molecular weight is 377 g/mol. The highest BCUT2D eigenvalue weighted by Gasteiger charge is 2.47. The molecule has 2 saturated heterocycles. The Morgan fingerprint density at radius 3 is 2.77 bits per heavy atom. The van der Waals surface area contributed by atoms with Gasteiger partial charge in [-0.05, 0) is 32.2 Å². The van der Waals surface area contributed by atoms with Crippen molar-refractivity contribution in [3.05, 3.63) is 22.2 Å². The van der Waals surface area contributed by atoms with Gasteiger partial charge in [0.05, 0.1) is 7.11 Å². The zero-order valence-electron chi connectivity index (χ0n) is 14.4. The van der Waals surface area contributed by atoms with Gasteiger partial charge in [-0.15, -0.1) is 0 Å². The molecule has 0 unspecified atom stereocenters. The predicted octanol–water partition coefficient (Wildman–Crippen LogP) is 2.31. The maximum atomic E-state index is 13.2. The number of H-pyrrole nitrogens is 1. The molecule has 3 heterocycles. The smallest absolute Gasteiger partial charge is 0.409 e. The summed E-state index contributed by atoms with van der Waals surface area (Å²) in [6.45, 7) is 0.797. The van der Waals surface area contributed by atoms with E-state index in [0.717, 1.165) is 0 Å². The Morgan fingerprint density at radius 1 is 1.38 bits per heavy atom. The lowest BCUT2D eigenvalue weighted by atomic mass is 9.88. The van der Waals surface area contributed by atoms with Crippen LogP contribution < -0.4 is 5.56 Å². The van der Waals surface area contributed by atoms with E-state index in [1.807, 2.05) is 0 Å². The minimum atomic E-state index is -4.28. The first kappa shape index (κ1) is 18.8. The highest BCUT2D eigenvalue weighted by atomic mass is 19.4. The summed E-state index contributed by atoms with van der Waals surface area (Å²) in [7, 11) is 1.26. The zero-order chi connectivity index (χ0) is 18.9. The molecule has 3 rings (SSSR count). The van der Waals surface area contributed by atoms with E-state index in [1.165, 1.54) is 23.0 Å². The zero-order valence-corrected chi connectivity index (χ0v) is 14.4. The number of methoxy groups -OCH3 is 1. The van der Waals surface area contributed by atoms with Crippen LogP contribution in [0.15, 0.2) is 15.4 Å². The van der Waals surface area contributed by atoms with Crippen LogP contribution in [0, 0.1) is 0 Å². The van der Waals surface area contributed by atoms with Crippen molar-refractivity contribution >= 4 is 6.09 Å². The molecule has 1 aromatic heterocycles. The Kier molecular flexibility index (Phi) is 5.31. The van der Waals surface area contributed by atoms with E-state index in [4.69, 9.17) is 9.26 Å². The molecule has 26 heavy (non-hydrogen) atoms. The fraction of sp³-hybridized carbons (Fsp3) is 0.750. The lowest BCUT2D eigenvalue weighted by Gasteiger charge is -2.40. The van der Waals surface area contributed by atoms with Crippen molar-refractivity contribution in [1.29, 1.82) is 0 Å². The molecule has 0 aliphatic carbocycles. The SMILES string of the molecule is COC(=O)N1CC[C@H](c2cc(=O)[nH]o2)C[C@@H]1CN1CCC[C@H]1C(F)(F)F. The molecule has 1 amide bonds. The number of ether oxygens (including phenoxy) is 1. The predicted molar refractivity (Wildman–Crippen MR) is 84.9 cm³/mol. The largest absolute Gasteiger partial charge is 0.453 e. The van der Waals surface area contributed by atoms with Crippen LogP contribution in [0.4, 0.5) is 18.0 Å². The normalized spacial score (nSPS) is 27.7. The van der Waals surface area contributed by atoms with Gasteiger partial charge in [-0.1, -0.05) is 0 Å². The molecule has 1 N–H and O–H groups in total. The first-order valence-electron chi connectivity index (χ1n) is 8.63. The number of hydrogen-bond donors (Lipinski definition) is 1. The second-order valence-corrected chi connectivity index (χ2v) is 6.85. The number of likely N-dealkylation sites (tertiary alicyclic amines) is 2. The number of aromatic amines is 1. The maximum Gasteiger partial charge on any atom is 0.409 e. The van der Waals surface area contributed by atoms with Crippen LogP contribution in [0.3, 0.4) is 0 Å². The summed E-state index contributed by atoms with van der Waals surface area (Å²) < 4.78 is 49.6. The van der Waals surface area contributed by atoms with Crippen LogP contribution in [0.25, 0.3) is 0 Å². The van der Waals surface area contributed by atoms with E-state index >= 15 is 0 Å². The Morgan fingerprint density at radius 2 is 2.15 bits per heavy atom. The molecule has 0 spiro atoms. The fourth-order valence-corrected chi connectivity index (χ4v) is 4.02. The highest BCUT2D eigenvalue weighted by molar-refractivity contribution is 5.68. The minimum Gasteiger partial charge on any atom is -0.453 e. The number of piperidine rings is 1. The van der Waals surface area contributed by atoms with Crippen molar-refractivity contribution in [1.82, 2.24) is 15.0 Å². The van der Waals surface area contributed by atoms with Crippen molar-refractivity contribution in [2.45, 2.75) is 49.9 Å². The van der Waals surface area contributed by atoms with E-state index < -0.39 is 24.4 Å². The second kappa shape index (κ2) is 7.34. The summed E-state index contributed by atoms with van der Waals surface area (Å²) in [6.07, 6.45) is -3.32. The van der Waals surface area contributed by atoms with Crippen LogP contribution >= 0.6 is 0 Å². The maximum absolute atomic E-state index is 13.2. The number of nitrogens with one attached hydrogen (secondary N) is 1. The fourth-order valence-electron chi connectivity index (χ4n) is 4.02. The summed E-state index contributed by atoms with van der Waals surface area (Å²) in [5, 5.41) is 2.23. The van der Waals surface area contributed by atoms with Gasteiger partial charge in [-0.2, -0.15) is 18.3 Å². The van der Waals surface area contributed by atoms with Crippen LogP contribution in [0.2, 0.25) is 0 Å². The Labute approximate surface area is 148 Å². The first-order chi connectivity index (χ1) is 12.3. The second-order valence-electron chi connectivity index (χ2n) is 6.85. The number of amides is 1. The number of alkyl halides is 3. The third kappa shape index (κ3) is 3.89. The van der Waals surface area contributed by atoms with Gasteiger partial charge in [-0.3, -0.25) is 9.69 Å². The van der Waals surface area contributed by atoms with Crippen molar-refractivity contribution in [2.75, 3.05) is 26.7 Å². The summed E-state index contributed by atoms with van der Waals surface area (Å²) in [5.74, 6) is 0.338. The Bertz CT molecular complexity index is 687. The number of aromatic nitrogens is 1. The van der Waals surface area contributed by atoms with E-state index in [2.05, 4.69) is 5.16 Å². The minimum absolute atomic E-state index is 0.0740. The lowest BCUT2D eigenvalue weighted by Crippen LogP contribution is -2.53. The summed E-state index contributed by atoms with van der Waals surface area (Å²) >= 11 is 0. The van der Waals surface area contributed by atoms with E-state index in [-0.39, 0.29) is 24.4 Å². The van der Waals surface area contributed by atoms with Gasteiger partial charge in [-0.25, -0.2) is 4.79 Å². The monoisotopic (exact) mass is 377 g/mol. The lowest BCUT2D eigenvalue weighted by molar-refractivity contribution is -0.177. The molecule has 0 saturated carbocycles. The van der Waals surface area contributed by atoms with E-state index in [1.54, 1.807) is 0 Å². The number of carbonyl (C=O) groups is 1. The van der Waals surface area contributed by atoms with Gasteiger partial charge in [0, 0.05) is 31.1 Å². The first-order valence-corrected chi connectivity index (χ1v) is 8.63. The molecular weight excluding hydrogens is 355 g/mol. The van der Waals surface area contributed by atoms with Gasteiger partial charge in [0.1, 0.15) is 11.8 Å². The van der Waals surface area contributed by atoms with E-state index in [0.29, 0.717) is 38.1 Å². The Hall–Kier alpha value is -1.97. The van der Waals surface area contributed by atoms with Crippen molar-refractivity contribution < 1.29 is 27.2 Å². The van der Waals surface area contributed by atoms with Gasteiger partial charge in [0.25, 0.3) is 5.56 Å². The number of nitrogens with zero attached hydrogens (tertiary/aromatic N) is 2. The van der Waals surface area contributed by atoms with Gasteiger partial charge in [0.2, 0.25) is 0 Å². The molecule has 146 valence electrons. The number of carbonyl (C=O) groups excluding carboxylic acids is 1. The summed E-state index contributed by atoms with van der Waals surface area (Å²) in [4.78, 5) is 26.2. The molecular formula is C16H22F3N3O4. The number of halogens is 3. The molecule has 10 heteroatoms. The van der Waals surface area contributed by atoms with Crippen LogP contribution in [0.1, 0.15) is 37.4 Å². The molecule has 3 atom stereocenters. The van der Waals surface area contributed by atoms with E-state index in [9.17, 15) is 22.8 Å². The van der Waals surface area contributed by atoms with Gasteiger partial charge >= 0.3 is 12.3 Å². The van der Waals surface area contributed by atoms with Crippen molar-refractivity contribution in [2.24, 2.45) is 0 Å². The molecule has 0 radical (unpaired) electrons. The molecule has 7 nitrogen and oxygen atoms in total. The topological polar surface area (TPSA) is 78.8 Å². The van der Waals surface area contributed by atoms with Gasteiger partial charge < -0.3 is 14.2 Å². The quantitative estimate of drug-likeness (QED) is 0.875. The van der Waals surface area contributed by atoms with Crippen molar-refractivity contribution in [3.8, 4) is 0 Å². The third-order valence-electron chi connectivity index (χ3n) is 5.26. The van der Waals surface area contributed by atoms with Crippen LogP contribution in [-0.2, 0) is 4.74 Å². The molecule has 2 fully saturated rings. The summed E-state index contributed by atoms with van der Waals surface area (Å²) in [5.41, 5.74) is -0.358. The molecule has 0 aromatic carbocycles. The standard InChI is InChI=1S/C16H22F3N3O4/c1-25-15(24)22-6-4-10(12-8-14(23)20-26-12)7-11(22)9-21-5-2-3-13(21)16(17,18)19/h8,10-11,13H,2-7,9H2,1H3,(H,20,23)/t10-,11+,13-/m0/s1. The molecule has 1 aromatic rings. The molecule has 0 bridgehead atoms. The summed E-state index contributed by atoms with van der Waals surface area (Å²) in [6, 6.07) is -0.568. The third-order valence-corrected chi connectivity index (χ3v) is 5.26. The molecule has 2 aliphatic heterocycles. The van der Waals surface area contributed by atoms with Gasteiger partial charge in [0.15, 0.2) is 0 Å².